The maximum Gasteiger partial charge on any atom is 0.326 e. The van der Waals surface area contributed by atoms with Crippen molar-refractivity contribution in [2.24, 2.45) is 11.7 Å². The molecule has 0 aliphatic rings. The van der Waals surface area contributed by atoms with Crippen molar-refractivity contribution >= 4 is 47.2 Å². The van der Waals surface area contributed by atoms with Crippen LogP contribution in [0.2, 0.25) is 0 Å². The first-order valence-electron chi connectivity index (χ1n) is 12.7. The van der Waals surface area contributed by atoms with Crippen molar-refractivity contribution in [3.63, 3.8) is 0 Å². The van der Waals surface area contributed by atoms with Crippen LogP contribution < -0.4 is 21.7 Å². The van der Waals surface area contributed by atoms with Crippen molar-refractivity contribution in [3.05, 3.63) is 54.2 Å². The molecule has 3 amide bonds. The number of para-hydroxylation sites is 1. The minimum absolute atomic E-state index is 0.00805. The smallest absolute Gasteiger partial charge is 0.326 e. The van der Waals surface area contributed by atoms with Crippen molar-refractivity contribution in [2.75, 3.05) is 5.75 Å². The van der Waals surface area contributed by atoms with E-state index in [2.05, 4.69) is 43.5 Å². The molecule has 0 aliphatic carbocycles. The number of H-pyrrole nitrogens is 2. The van der Waals surface area contributed by atoms with Gasteiger partial charge in [-0.25, -0.2) is 9.78 Å². The van der Waals surface area contributed by atoms with Gasteiger partial charge in [-0.1, -0.05) is 38.5 Å². The number of aromatic amines is 2. The number of hydrogen-bond donors (Lipinski definition) is 8. The van der Waals surface area contributed by atoms with Gasteiger partial charge in [-0.05, 0) is 24.0 Å². The Morgan fingerprint density at radius 3 is 2.38 bits per heavy atom. The van der Waals surface area contributed by atoms with E-state index in [0.717, 1.165) is 16.5 Å². The number of imidazole rings is 1. The molecule has 5 atom stereocenters. The standard InChI is InChI=1S/C26H35N7O5S/c1-3-14(2)22(25(36)31-20(26(37)38)9-16-11-28-13-30-16)33-24(35)21(12-39)32-23(34)18(27)8-15-10-29-19-7-5-4-6-17(15)19/h4-7,10-11,13-14,18,20-22,29,39H,3,8-9,12,27H2,1-2H3,(H,28,30)(H,31,36)(H,32,34)(H,33,35)(H,37,38). The Balaban J connectivity index is 1.64. The third kappa shape index (κ3) is 7.83. The molecule has 3 aromatic rings. The molecule has 0 bridgehead atoms. The molecule has 12 nitrogen and oxygen atoms in total. The number of benzene rings is 1. The third-order valence-electron chi connectivity index (χ3n) is 6.65. The summed E-state index contributed by atoms with van der Waals surface area (Å²) in [6, 6.07) is 3.40. The number of thiol groups is 1. The SMILES string of the molecule is CCC(C)C(NC(=O)C(CS)NC(=O)C(N)Cc1c[nH]c2ccccc12)C(=O)NC(Cc1cnc[nH]1)C(=O)O. The molecule has 0 saturated heterocycles. The lowest BCUT2D eigenvalue weighted by Gasteiger charge is -2.27. The van der Waals surface area contributed by atoms with Crippen molar-refractivity contribution in [3.8, 4) is 0 Å². The van der Waals surface area contributed by atoms with Crippen LogP contribution in [0.4, 0.5) is 0 Å². The largest absolute Gasteiger partial charge is 0.480 e. The molecule has 1 aromatic carbocycles. The molecule has 2 aromatic heterocycles. The molecule has 210 valence electrons. The first-order chi connectivity index (χ1) is 18.6. The topological polar surface area (TPSA) is 195 Å². The summed E-state index contributed by atoms with van der Waals surface area (Å²) in [6.07, 6.45) is 5.46. The van der Waals surface area contributed by atoms with Gasteiger partial charge >= 0.3 is 5.97 Å². The number of fused-ring (bicyclic) bond motifs is 1. The van der Waals surface area contributed by atoms with Crippen LogP contribution in [0.1, 0.15) is 31.5 Å². The van der Waals surface area contributed by atoms with E-state index in [1.54, 1.807) is 13.1 Å². The lowest BCUT2D eigenvalue weighted by Crippen LogP contribution is -2.59. The number of aromatic nitrogens is 3. The number of carbonyl (C=O) groups excluding carboxylic acids is 3. The Hall–Kier alpha value is -3.84. The zero-order valence-corrected chi connectivity index (χ0v) is 22.7. The maximum absolute atomic E-state index is 13.1. The molecular formula is C26H35N7O5S. The maximum atomic E-state index is 13.1. The summed E-state index contributed by atoms with van der Waals surface area (Å²) in [5.41, 5.74) is 8.49. The highest BCUT2D eigenvalue weighted by atomic mass is 32.1. The Morgan fingerprint density at radius 2 is 1.74 bits per heavy atom. The predicted molar refractivity (Wildman–Crippen MR) is 149 cm³/mol. The number of rotatable bonds is 14. The van der Waals surface area contributed by atoms with Gasteiger partial charge in [0.25, 0.3) is 0 Å². The molecule has 5 unspecified atom stereocenters. The fourth-order valence-electron chi connectivity index (χ4n) is 4.14. The number of hydrogen-bond acceptors (Lipinski definition) is 7. The number of aliphatic carboxylic acids is 1. The van der Waals surface area contributed by atoms with Gasteiger partial charge in [0.1, 0.15) is 18.1 Å². The fraction of sp³-hybridized carbons (Fsp3) is 0.423. The number of carbonyl (C=O) groups is 4. The van der Waals surface area contributed by atoms with E-state index in [0.29, 0.717) is 12.1 Å². The number of carboxylic acids is 1. The van der Waals surface area contributed by atoms with Crippen LogP contribution in [-0.4, -0.2) is 73.7 Å². The monoisotopic (exact) mass is 557 g/mol. The Bertz CT molecular complexity index is 1280. The number of nitrogens with one attached hydrogen (secondary N) is 5. The summed E-state index contributed by atoms with van der Waals surface area (Å²) < 4.78 is 0. The summed E-state index contributed by atoms with van der Waals surface area (Å²) in [4.78, 5) is 60.6. The lowest BCUT2D eigenvalue weighted by molar-refractivity contribution is -0.142. The van der Waals surface area contributed by atoms with Crippen LogP contribution in [0.15, 0.2) is 43.0 Å². The first kappa shape index (κ1) is 29.7. The van der Waals surface area contributed by atoms with E-state index in [1.807, 2.05) is 31.2 Å². The average Bonchev–Trinajstić information content (AvgIpc) is 3.59. The molecule has 0 spiro atoms. The van der Waals surface area contributed by atoms with Crippen LogP contribution in [-0.2, 0) is 32.0 Å². The van der Waals surface area contributed by atoms with Crippen LogP contribution in [0.5, 0.6) is 0 Å². The van der Waals surface area contributed by atoms with Gasteiger partial charge < -0.3 is 36.8 Å². The van der Waals surface area contributed by atoms with Gasteiger partial charge in [0.2, 0.25) is 17.7 Å². The predicted octanol–water partition coefficient (Wildman–Crippen LogP) is 0.518. The van der Waals surface area contributed by atoms with E-state index in [4.69, 9.17) is 5.73 Å². The summed E-state index contributed by atoms with van der Waals surface area (Å²) >= 11 is 4.21. The van der Waals surface area contributed by atoms with Crippen LogP contribution in [0, 0.1) is 5.92 Å². The summed E-state index contributed by atoms with van der Waals surface area (Å²) in [7, 11) is 0. The van der Waals surface area contributed by atoms with E-state index in [-0.39, 0.29) is 24.5 Å². The van der Waals surface area contributed by atoms with Crippen LogP contribution in [0.3, 0.4) is 0 Å². The van der Waals surface area contributed by atoms with Gasteiger partial charge in [-0.3, -0.25) is 14.4 Å². The minimum Gasteiger partial charge on any atom is -0.480 e. The fourth-order valence-corrected chi connectivity index (χ4v) is 4.39. The number of nitrogens with zero attached hydrogens (tertiary/aromatic N) is 1. The molecule has 0 fully saturated rings. The second-order valence-corrected chi connectivity index (χ2v) is 9.83. The zero-order chi connectivity index (χ0) is 28.5. The molecule has 3 rings (SSSR count). The summed E-state index contributed by atoms with van der Waals surface area (Å²) in [5.74, 6) is -3.40. The molecule has 13 heteroatoms. The van der Waals surface area contributed by atoms with Crippen LogP contribution >= 0.6 is 12.6 Å². The highest BCUT2D eigenvalue weighted by molar-refractivity contribution is 7.80. The Labute approximate surface area is 231 Å². The van der Waals surface area contributed by atoms with Crippen molar-refractivity contribution in [2.45, 2.75) is 57.3 Å². The minimum atomic E-state index is -1.23. The highest BCUT2D eigenvalue weighted by Crippen LogP contribution is 2.19. The molecule has 8 N–H and O–H groups in total. The normalized spacial score (nSPS) is 15.1. The van der Waals surface area contributed by atoms with Crippen molar-refractivity contribution in [1.29, 1.82) is 0 Å². The van der Waals surface area contributed by atoms with Gasteiger partial charge in [0.15, 0.2) is 0 Å². The number of nitrogens with two attached hydrogens (primary N) is 1. The number of carboxylic acid groups (broad SMARTS) is 1. The molecular weight excluding hydrogens is 522 g/mol. The lowest BCUT2D eigenvalue weighted by atomic mass is 9.97. The Morgan fingerprint density at radius 1 is 1.03 bits per heavy atom. The molecule has 0 aliphatic heterocycles. The van der Waals surface area contributed by atoms with Crippen molar-refractivity contribution in [1.82, 2.24) is 30.9 Å². The highest BCUT2D eigenvalue weighted by Gasteiger charge is 2.32. The van der Waals surface area contributed by atoms with E-state index >= 15 is 0 Å². The molecule has 39 heavy (non-hydrogen) atoms. The van der Waals surface area contributed by atoms with E-state index in [1.165, 1.54) is 12.5 Å². The average molecular weight is 558 g/mol. The number of amides is 3. The second kappa shape index (κ2) is 13.8. The Kier molecular flexibility index (Phi) is 10.5. The third-order valence-corrected chi connectivity index (χ3v) is 7.02. The second-order valence-electron chi connectivity index (χ2n) is 9.47. The summed E-state index contributed by atoms with van der Waals surface area (Å²) in [6.45, 7) is 3.61. The summed E-state index contributed by atoms with van der Waals surface area (Å²) in [5, 5.41) is 18.3. The van der Waals surface area contributed by atoms with E-state index in [9.17, 15) is 24.3 Å². The molecule has 0 radical (unpaired) electrons. The van der Waals surface area contributed by atoms with Gasteiger partial charge in [-0.2, -0.15) is 12.6 Å². The van der Waals surface area contributed by atoms with Gasteiger partial charge in [0, 0.05) is 41.2 Å². The van der Waals surface area contributed by atoms with Crippen molar-refractivity contribution < 1.29 is 24.3 Å². The first-order valence-corrected chi connectivity index (χ1v) is 13.3. The molecule has 0 saturated carbocycles. The zero-order valence-electron chi connectivity index (χ0n) is 21.8. The van der Waals surface area contributed by atoms with Crippen LogP contribution in [0.25, 0.3) is 10.9 Å². The van der Waals surface area contributed by atoms with E-state index < -0.39 is 47.9 Å². The van der Waals surface area contributed by atoms with Gasteiger partial charge in [-0.15, -0.1) is 0 Å². The quantitative estimate of drug-likeness (QED) is 0.132. The van der Waals surface area contributed by atoms with Gasteiger partial charge in [0.05, 0.1) is 12.4 Å². The molecule has 2 heterocycles.